The van der Waals surface area contributed by atoms with Gasteiger partial charge in [-0.15, -0.1) is 0 Å². The molecule has 14 nitrogen and oxygen atoms in total. The SMILES string of the molecule is CCC(C)(NC(=O)[C@H](COP(=O)(O)O)NC(=O)c1cnc2n1[C@](C)(Cc1ccc(C#N)cc1)C(=O)N2c1cc(Cl)c(F)c(Cl)c1)c1ccccn1. The number of nitriles is 1. The van der Waals surface area contributed by atoms with E-state index in [2.05, 4.69) is 25.1 Å². The zero-order valence-electron chi connectivity index (χ0n) is 27.3. The van der Waals surface area contributed by atoms with Gasteiger partial charge in [0.15, 0.2) is 5.82 Å². The maximum Gasteiger partial charge on any atom is 0.469 e. The van der Waals surface area contributed by atoms with Crippen molar-refractivity contribution in [1.29, 1.82) is 5.26 Å². The lowest BCUT2D eigenvalue weighted by Crippen LogP contribution is -2.55. The number of carbonyl (C=O) groups is 3. The van der Waals surface area contributed by atoms with Crippen LogP contribution in [0.1, 0.15) is 54.5 Å². The Morgan fingerprint density at radius 1 is 1.16 bits per heavy atom. The van der Waals surface area contributed by atoms with Crippen molar-refractivity contribution in [1.82, 2.24) is 25.2 Å². The summed E-state index contributed by atoms with van der Waals surface area (Å²) in [5.74, 6) is -3.37. The Morgan fingerprint density at radius 3 is 2.39 bits per heavy atom. The number of benzene rings is 2. The lowest BCUT2D eigenvalue weighted by molar-refractivity contribution is -0.126. The van der Waals surface area contributed by atoms with Gasteiger partial charge in [-0.1, -0.05) is 48.3 Å². The van der Waals surface area contributed by atoms with Gasteiger partial charge in [0.1, 0.15) is 17.3 Å². The Bertz CT molecular complexity index is 2070. The van der Waals surface area contributed by atoms with E-state index in [1.165, 1.54) is 16.7 Å². The number of fused-ring (bicyclic) bond motifs is 1. The molecule has 5 rings (SSSR count). The lowest BCUT2D eigenvalue weighted by atomic mass is 9.91. The number of hydrogen-bond donors (Lipinski definition) is 4. The number of imidazole rings is 1. The highest BCUT2D eigenvalue weighted by Gasteiger charge is 2.51. The third-order valence-electron chi connectivity index (χ3n) is 8.56. The summed E-state index contributed by atoms with van der Waals surface area (Å²) in [5, 5.41) is 13.8. The van der Waals surface area contributed by atoms with E-state index < -0.39 is 55.1 Å². The van der Waals surface area contributed by atoms with E-state index >= 15 is 0 Å². The first-order chi connectivity index (χ1) is 24.0. The smallest absolute Gasteiger partial charge is 0.343 e. The van der Waals surface area contributed by atoms with Gasteiger partial charge in [0.2, 0.25) is 11.9 Å². The molecule has 3 amide bonds. The highest BCUT2D eigenvalue weighted by Crippen LogP contribution is 2.44. The predicted octanol–water partition coefficient (Wildman–Crippen LogP) is 4.88. The molecular formula is C33H31Cl2FN7O7P. The van der Waals surface area contributed by atoms with Gasteiger partial charge >= 0.3 is 7.82 Å². The minimum Gasteiger partial charge on any atom is -0.343 e. The molecule has 0 saturated heterocycles. The third kappa shape index (κ3) is 7.67. The predicted molar refractivity (Wildman–Crippen MR) is 184 cm³/mol. The Labute approximate surface area is 301 Å². The van der Waals surface area contributed by atoms with Gasteiger partial charge in [-0.05, 0) is 62.2 Å². The maximum atomic E-state index is 14.4. The van der Waals surface area contributed by atoms with Crippen LogP contribution in [0.15, 0.2) is 67.0 Å². The molecular weight excluding hydrogens is 727 g/mol. The van der Waals surface area contributed by atoms with E-state index in [4.69, 9.17) is 23.2 Å². The minimum absolute atomic E-state index is 0.0233. The molecule has 4 aromatic rings. The molecule has 0 fully saturated rings. The number of nitrogens with zero attached hydrogens (tertiary/aromatic N) is 5. The normalized spacial score (nSPS) is 17.3. The molecule has 1 aliphatic rings. The van der Waals surface area contributed by atoms with Crippen molar-refractivity contribution < 1.29 is 37.6 Å². The molecule has 0 spiro atoms. The number of carbonyl (C=O) groups excluding carboxylic acids is 3. The number of aromatic nitrogens is 3. The highest BCUT2D eigenvalue weighted by molar-refractivity contribution is 7.46. The molecule has 1 unspecified atom stereocenters. The molecule has 0 aliphatic carbocycles. The fraction of sp³-hybridized carbons (Fsp3) is 0.273. The summed E-state index contributed by atoms with van der Waals surface area (Å²) in [6, 6.07) is 14.3. The van der Waals surface area contributed by atoms with Crippen LogP contribution in [0.4, 0.5) is 16.0 Å². The molecule has 2 aromatic carbocycles. The van der Waals surface area contributed by atoms with Crippen molar-refractivity contribution in [3.05, 3.63) is 105 Å². The number of amides is 3. The molecule has 0 saturated carbocycles. The van der Waals surface area contributed by atoms with Crippen molar-refractivity contribution >= 4 is 60.4 Å². The van der Waals surface area contributed by atoms with Gasteiger partial charge in [-0.25, -0.2) is 18.8 Å². The number of halogens is 3. The van der Waals surface area contributed by atoms with E-state index in [-0.39, 0.29) is 33.8 Å². The van der Waals surface area contributed by atoms with Gasteiger partial charge < -0.3 is 20.4 Å². The van der Waals surface area contributed by atoms with E-state index in [9.17, 15) is 38.4 Å². The summed E-state index contributed by atoms with van der Waals surface area (Å²) in [7, 11) is -5.10. The molecule has 3 heterocycles. The first-order valence-electron chi connectivity index (χ1n) is 15.3. The summed E-state index contributed by atoms with van der Waals surface area (Å²) >= 11 is 12.2. The van der Waals surface area contributed by atoms with Gasteiger partial charge in [0.05, 0.1) is 51.4 Å². The van der Waals surface area contributed by atoms with Crippen molar-refractivity contribution in [2.75, 3.05) is 11.5 Å². The Balaban J connectivity index is 1.55. The zero-order valence-corrected chi connectivity index (χ0v) is 29.7. The number of anilines is 2. The van der Waals surface area contributed by atoms with Crippen LogP contribution in [0, 0.1) is 17.1 Å². The first kappa shape index (κ1) is 37.6. The Morgan fingerprint density at radius 2 is 1.82 bits per heavy atom. The van der Waals surface area contributed by atoms with Gasteiger partial charge in [0, 0.05) is 12.6 Å². The molecule has 18 heteroatoms. The first-order valence-corrected chi connectivity index (χ1v) is 17.6. The van der Waals surface area contributed by atoms with Crippen LogP contribution in [-0.2, 0) is 36.2 Å². The van der Waals surface area contributed by atoms with Crippen molar-refractivity contribution in [3.63, 3.8) is 0 Å². The molecule has 3 atom stereocenters. The zero-order chi connectivity index (χ0) is 37.3. The van der Waals surface area contributed by atoms with Crippen molar-refractivity contribution in [2.24, 2.45) is 0 Å². The van der Waals surface area contributed by atoms with Gasteiger partial charge in [0.25, 0.3) is 11.8 Å². The lowest BCUT2D eigenvalue weighted by Gasteiger charge is -2.31. The summed E-state index contributed by atoms with van der Waals surface area (Å²) in [6.45, 7) is 4.11. The number of phosphoric acid groups is 1. The second-order valence-corrected chi connectivity index (χ2v) is 14.2. The van der Waals surface area contributed by atoms with E-state index in [1.807, 2.05) is 6.07 Å². The number of pyridine rings is 1. The van der Waals surface area contributed by atoms with Crippen LogP contribution in [0.5, 0.6) is 0 Å². The molecule has 0 radical (unpaired) electrons. The van der Waals surface area contributed by atoms with E-state index in [0.717, 1.165) is 11.1 Å². The number of rotatable bonds is 12. The van der Waals surface area contributed by atoms with E-state index in [0.29, 0.717) is 23.2 Å². The standard InChI is InChI=1S/C33H31Cl2FN7O7P/c1-4-32(2,26-7-5-6-12-38-26)41-28(44)24(18-50-51(47,48)49)40-29(45)25-17-39-31-42(21-13-22(34)27(36)23(35)14-21)30(46)33(3,43(25)31)15-19-8-10-20(16-37)11-9-19/h5-14,17,24H,4,15,18H2,1-3H3,(H,40,45)(H,41,44)(H2,47,48,49)/t24-,32?,33+/m0/s1. The fourth-order valence-electron chi connectivity index (χ4n) is 5.70. The monoisotopic (exact) mass is 757 g/mol. The van der Waals surface area contributed by atoms with Crippen LogP contribution in [-0.4, -0.2) is 54.7 Å². The summed E-state index contributed by atoms with van der Waals surface area (Å²) in [4.78, 5) is 70.8. The van der Waals surface area contributed by atoms with E-state index in [1.54, 1.807) is 69.4 Å². The van der Waals surface area contributed by atoms with Crippen molar-refractivity contribution in [2.45, 2.75) is 50.7 Å². The van der Waals surface area contributed by atoms with Crippen LogP contribution in [0.3, 0.4) is 0 Å². The number of hydrogen-bond acceptors (Lipinski definition) is 8. The topological polar surface area (TPSA) is 200 Å². The van der Waals surface area contributed by atoms with Gasteiger partial charge in [-0.3, -0.25) is 28.5 Å². The largest absolute Gasteiger partial charge is 0.469 e. The van der Waals surface area contributed by atoms with Crippen LogP contribution in [0.25, 0.3) is 0 Å². The molecule has 0 bridgehead atoms. The van der Waals surface area contributed by atoms with Crippen molar-refractivity contribution in [3.8, 4) is 6.07 Å². The van der Waals surface area contributed by atoms with Gasteiger partial charge in [-0.2, -0.15) is 5.26 Å². The third-order valence-corrected chi connectivity index (χ3v) is 9.59. The van der Waals surface area contributed by atoms with Crippen LogP contribution >= 0.6 is 31.0 Å². The second kappa shape index (κ2) is 14.5. The molecule has 2 aromatic heterocycles. The molecule has 266 valence electrons. The summed E-state index contributed by atoms with van der Waals surface area (Å²) < 4.78 is 32.0. The molecule has 1 aliphatic heterocycles. The minimum atomic E-state index is -5.10. The molecule has 4 N–H and O–H groups in total. The quantitative estimate of drug-likeness (QED) is 0.114. The Hall–Kier alpha value is -4.68. The highest BCUT2D eigenvalue weighted by atomic mass is 35.5. The Kier molecular flexibility index (Phi) is 10.7. The average Bonchev–Trinajstić information content (AvgIpc) is 3.62. The number of phosphoric ester groups is 1. The maximum absolute atomic E-state index is 14.4. The summed E-state index contributed by atoms with van der Waals surface area (Å²) in [5.41, 5.74) is -1.31. The average molecular weight is 759 g/mol. The molecule has 51 heavy (non-hydrogen) atoms. The van der Waals surface area contributed by atoms with Crippen LogP contribution in [0.2, 0.25) is 10.0 Å². The second-order valence-electron chi connectivity index (χ2n) is 12.1. The van der Waals surface area contributed by atoms with Crippen LogP contribution < -0.4 is 15.5 Å². The summed E-state index contributed by atoms with van der Waals surface area (Å²) in [6.07, 6.45) is 3.02. The fourth-order valence-corrected chi connectivity index (χ4v) is 6.51. The number of nitrogens with one attached hydrogen (secondary N) is 2.